The van der Waals surface area contributed by atoms with Crippen LogP contribution in [0.4, 0.5) is 0 Å². The highest BCUT2D eigenvalue weighted by Gasteiger charge is 2.17. The molecule has 0 aromatic carbocycles. The fourth-order valence-electron chi connectivity index (χ4n) is 2.74. The van der Waals surface area contributed by atoms with Gasteiger partial charge in [-0.25, -0.2) is 0 Å². The third kappa shape index (κ3) is 4.01. The molecule has 0 aromatic rings. The maximum Gasteiger partial charge on any atom is 0.0481 e. The number of nitrogens with zero attached hydrogens (tertiary/aromatic N) is 2. The summed E-state index contributed by atoms with van der Waals surface area (Å²) < 4.78 is 0. The lowest BCUT2D eigenvalue weighted by Crippen LogP contribution is -2.48. The molecular formula is C12H26N4. The van der Waals surface area contributed by atoms with E-state index in [9.17, 15) is 0 Å². The van der Waals surface area contributed by atoms with Crippen molar-refractivity contribution in [3.8, 4) is 0 Å². The van der Waals surface area contributed by atoms with Crippen LogP contribution in [0.3, 0.4) is 0 Å². The van der Waals surface area contributed by atoms with Crippen molar-refractivity contribution in [1.29, 1.82) is 0 Å². The highest BCUT2D eigenvalue weighted by molar-refractivity contribution is 4.73. The monoisotopic (exact) mass is 226 g/mol. The molecule has 2 N–H and O–H groups in total. The fraction of sp³-hybridized carbons (Fsp3) is 1.00. The Labute approximate surface area is 99.4 Å². The van der Waals surface area contributed by atoms with E-state index in [0.717, 1.165) is 25.7 Å². The summed E-state index contributed by atoms with van der Waals surface area (Å²) in [5, 5.41) is 7.00. The summed E-state index contributed by atoms with van der Waals surface area (Å²) in [6.45, 7) is 9.50. The topological polar surface area (TPSA) is 30.5 Å². The number of piperidine rings is 1. The lowest BCUT2D eigenvalue weighted by Gasteiger charge is -2.31. The Balaban J connectivity index is 1.56. The van der Waals surface area contributed by atoms with E-state index in [1.54, 1.807) is 0 Å². The molecule has 0 bridgehead atoms. The maximum atomic E-state index is 3.62. The van der Waals surface area contributed by atoms with Gasteiger partial charge in [0.15, 0.2) is 0 Å². The molecule has 2 fully saturated rings. The Kier molecular flexibility index (Phi) is 5.03. The van der Waals surface area contributed by atoms with Crippen molar-refractivity contribution < 1.29 is 0 Å². The van der Waals surface area contributed by atoms with Gasteiger partial charge in [-0.3, -0.25) is 4.90 Å². The van der Waals surface area contributed by atoms with Crippen LogP contribution in [-0.4, -0.2) is 69.3 Å². The molecule has 4 nitrogen and oxygen atoms in total. The second-order valence-electron chi connectivity index (χ2n) is 5.25. The smallest absolute Gasteiger partial charge is 0.0481 e. The van der Waals surface area contributed by atoms with Gasteiger partial charge in [0.2, 0.25) is 0 Å². The van der Waals surface area contributed by atoms with E-state index in [2.05, 4.69) is 27.5 Å². The molecule has 0 aliphatic carbocycles. The molecule has 94 valence electrons. The summed E-state index contributed by atoms with van der Waals surface area (Å²) in [4.78, 5) is 4.96. The minimum atomic E-state index is 0.863. The molecule has 0 saturated carbocycles. The number of likely N-dealkylation sites (tertiary alicyclic amines) is 1. The normalized spacial score (nSPS) is 29.4. The van der Waals surface area contributed by atoms with Gasteiger partial charge in [0.25, 0.3) is 0 Å². The van der Waals surface area contributed by atoms with Crippen LogP contribution in [-0.2, 0) is 0 Å². The summed E-state index contributed by atoms with van der Waals surface area (Å²) in [5.74, 6) is 0.863. The molecule has 2 rings (SSSR count). The zero-order valence-electron chi connectivity index (χ0n) is 10.5. The van der Waals surface area contributed by atoms with Crippen molar-refractivity contribution in [1.82, 2.24) is 20.4 Å². The van der Waals surface area contributed by atoms with E-state index in [-0.39, 0.29) is 0 Å². The summed E-state index contributed by atoms with van der Waals surface area (Å²) in [6.07, 6.45) is 2.77. The van der Waals surface area contributed by atoms with E-state index in [4.69, 9.17) is 0 Å². The van der Waals surface area contributed by atoms with Gasteiger partial charge in [-0.15, -0.1) is 0 Å². The number of rotatable bonds is 4. The molecular weight excluding hydrogens is 200 g/mol. The van der Waals surface area contributed by atoms with E-state index < -0.39 is 0 Å². The minimum Gasteiger partial charge on any atom is -0.314 e. The second kappa shape index (κ2) is 6.55. The first-order valence-corrected chi connectivity index (χ1v) is 6.67. The third-order valence-corrected chi connectivity index (χ3v) is 3.70. The Morgan fingerprint density at radius 2 is 2.06 bits per heavy atom. The number of hydrogen-bond acceptors (Lipinski definition) is 4. The molecule has 0 amide bonds. The third-order valence-electron chi connectivity index (χ3n) is 3.70. The van der Waals surface area contributed by atoms with Gasteiger partial charge in [-0.2, -0.15) is 0 Å². The van der Waals surface area contributed by atoms with Crippen LogP contribution in [0.2, 0.25) is 0 Å². The fourth-order valence-corrected chi connectivity index (χ4v) is 2.74. The average molecular weight is 226 g/mol. The van der Waals surface area contributed by atoms with Gasteiger partial charge in [0, 0.05) is 45.9 Å². The van der Waals surface area contributed by atoms with Crippen LogP contribution in [0.1, 0.15) is 12.8 Å². The SMILES string of the molecule is CN1CCCC(CNCN2CCNCC2)C1. The highest BCUT2D eigenvalue weighted by atomic mass is 15.3. The summed E-state index contributed by atoms with van der Waals surface area (Å²) in [6, 6.07) is 0. The number of hydrogen-bond donors (Lipinski definition) is 2. The van der Waals surface area contributed by atoms with Crippen molar-refractivity contribution in [2.45, 2.75) is 12.8 Å². The lowest BCUT2D eigenvalue weighted by atomic mass is 9.99. The van der Waals surface area contributed by atoms with E-state index in [1.807, 2.05) is 0 Å². The largest absolute Gasteiger partial charge is 0.314 e. The summed E-state index contributed by atoms with van der Waals surface area (Å²) >= 11 is 0. The van der Waals surface area contributed by atoms with Crippen molar-refractivity contribution in [2.24, 2.45) is 5.92 Å². The first kappa shape index (κ1) is 12.3. The molecule has 4 heteroatoms. The molecule has 0 radical (unpaired) electrons. The van der Waals surface area contributed by atoms with Crippen molar-refractivity contribution in [3.63, 3.8) is 0 Å². The van der Waals surface area contributed by atoms with Crippen LogP contribution in [0.5, 0.6) is 0 Å². The van der Waals surface area contributed by atoms with Gasteiger partial charge in [0.05, 0.1) is 0 Å². The first-order chi connectivity index (χ1) is 7.84. The Hall–Kier alpha value is -0.160. The van der Waals surface area contributed by atoms with Crippen LogP contribution in [0, 0.1) is 5.92 Å². The lowest BCUT2D eigenvalue weighted by molar-refractivity contribution is 0.184. The van der Waals surface area contributed by atoms with Crippen molar-refractivity contribution in [3.05, 3.63) is 0 Å². The minimum absolute atomic E-state index is 0.863. The van der Waals surface area contributed by atoms with Gasteiger partial charge in [0.1, 0.15) is 0 Å². The van der Waals surface area contributed by atoms with Gasteiger partial charge >= 0.3 is 0 Å². The Morgan fingerprint density at radius 1 is 1.25 bits per heavy atom. The summed E-state index contributed by atoms with van der Waals surface area (Å²) in [7, 11) is 2.24. The number of piperazine rings is 1. The maximum absolute atomic E-state index is 3.62. The molecule has 0 aromatic heterocycles. The molecule has 16 heavy (non-hydrogen) atoms. The second-order valence-corrected chi connectivity index (χ2v) is 5.25. The molecule has 2 heterocycles. The first-order valence-electron chi connectivity index (χ1n) is 6.67. The van der Waals surface area contributed by atoms with Crippen LogP contribution in [0.25, 0.3) is 0 Å². The quantitative estimate of drug-likeness (QED) is 0.694. The molecule has 1 unspecified atom stereocenters. The zero-order chi connectivity index (χ0) is 11.2. The van der Waals surface area contributed by atoms with Gasteiger partial charge < -0.3 is 15.5 Å². The molecule has 2 aliphatic heterocycles. The molecule has 1 atom stereocenters. The standard InChI is InChI=1S/C12H26N4/c1-15-6-2-3-12(10-15)9-14-11-16-7-4-13-5-8-16/h12-14H,2-11H2,1H3. The van der Waals surface area contributed by atoms with Crippen molar-refractivity contribution in [2.75, 3.05) is 59.5 Å². The van der Waals surface area contributed by atoms with Crippen LogP contribution < -0.4 is 10.6 Å². The van der Waals surface area contributed by atoms with Crippen LogP contribution in [0.15, 0.2) is 0 Å². The van der Waals surface area contributed by atoms with E-state index in [0.29, 0.717) is 0 Å². The highest BCUT2D eigenvalue weighted by Crippen LogP contribution is 2.13. The van der Waals surface area contributed by atoms with E-state index in [1.165, 1.54) is 45.6 Å². The van der Waals surface area contributed by atoms with Gasteiger partial charge in [-0.1, -0.05) is 0 Å². The zero-order valence-corrected chi connectivity index (χ0v) is 10.5. The molecule has 0 spiro atoms. The average Bonchev–Trinajstić information content (AvgIpc) is 2.30. The van der Waals surface area contributed by atoms with Crippen molar-refractivity contribution >= 4 is 0 Å². The molecule has 2 aliphatic rings. The number of nitrogens with one attached hydrogen (secondary N) is 2. The predicted molar refractivity (Wildman–Crippen MR) is 67.5 cm³/mol. The molecule has 2 saturated heterocycles. The Morgan fingerprint density at radius 3 is 2.81 bits per heavy atom. The van der Waals surface area contributed by atoms with E-state index >= 15 is 0 Å². The van der Waals surface area contributed by atoms with Gasteiger partial charge in [-0.05, 0) is 32.4 Å². The Bertz CT molecular complexity index is 191. The predicted octanol–water partition coefficient (Wildman–Crippen LogP) is -0.219. The van der Waals surface area contributed by atoms with Crippen LogP contribution >= 0.6 is 0 Å². The summed E-state index contributed by atoms with van der Waals surface area (Å²) in [5.41, 5.74) is 0.